The van der Waals surface area contributed by atoms with Crippen LogP contribution >= 0.6 is 11.3 Å². The number of hydrogen-bond acceptors (Lipinski definition) is 6. The molecule has 0 unspecified atom stereocenters. The first kappa shape index (κ1) is 18.1. The first-order valence-corrected chi connectivity index (χ1v) is 8.42. The molecule has 1 aliphatic heterocycles. The number of alkyl halides is 3. The zero-order valence-electron chi connectivity index (χ0n) is 13.1. The minimum absolute atomic E-state index is 0.287. The lowest BCUT2D eigenvalue weighted by Crippen LogP contribution is -2.24. The van der Waals surface area contributed by atoms with Crippen molar-refractivity contribution in [1.82, 2.24) is 0 Å². The monoisotopic (exact) mass is 387 g/mol. The summed E-state index contributed by atoms with van der Waals surface area (Å²) < 4.78 is 39.1. The molecule has 26 heavy (non-hydrogen) atoms. The van der Waals surface area contributed by atoms with Gasteiger partial charge in [0, 0.05) is 23.6 Å². The third-order valence-corrected chi connectivity index (χ3v) is 5.18. The highest BCUT2D eigenvalue weighted by atomic mass is 32.1. The van der Waals surface area contributed by atoms with E-state index in [0.29, 0.717) is 25.0 Å². The average molecular weight is 387 g/mol. The fourth-order valence-corrected chi connectivity index (χ4v) is 4.03. The van der Waals surface area contributed by atoms with Gasteiger partial charge in [-0.2, -0.15) is 13.2 Å². The largest absolute Gasteiger partial charge is 0.416 e. The molecular weight excluding hydrogens is 375 g/mol. The minimum atomic E-state index is -4.92. The van der Waals surface area contributed by atoms with Crippen molar-refractivity contribution in [3.63, 3.8) is 0 Å². The quantitative estimate of drug-likeness (QED) is 0.548. The first-order valence-electron chi connectivity index (χ1n) is 7.54. The van der Waals surface area contributed by atoms with Crippen molar-refractivity contribution in [2.75, 3.05) is 11.4 Å². The molecule has 2 aromatic rings. The second-order valence-electron chi connectivity index (χ2n) is 5.74. The summed E-state index contributed by atoms with van der Waals surface area (Å²) in [6.07, 6.45) is -3.69. The van der Waals surface area contributed by atoms with Crippen molar-refractivity contribution in [2.45, 2.75) is 25.1 Å². The fraction of sp³-hybridized carbons (Fsp3) is 0.333. The van der Waals surface area contributed by atoms with E-state index in [2.05, 4.69) is 0 Å². The van der Waals surface area contributed by atoms with Gasteiger partial charge in [0.2, 0.25) is 0 Å². The Labute approximate surface area is 149 Å². The number of thiophene rings is 1. The lowest BCUT2D eigenvalue weighted by molar-refractivity contribution is -0.393. The Bertz CT molecular complexity index is 819. The Morgan fingerprint density at radius 2 is 1.77 bits per heavy atom. The van der Waals surface area contributed by atoms with Crippen LogP contribution in [0.15, 0.2) is 29.6 Å². The molecule has 1 fully saturated rings. The molecule has 138 valence electrons. The second kappa shape index (κ2) is 6.56. The van der Waals surface area contributed by atoms with Gasteiger partial charge in [0.1, 0.15) is 0 Å². The van der Waals surface area contributed by atoms with Crippen molar-refractivity contribution < 1.29 is 23.0 Å². The van der Waals surface area contributed by atoms with Crippen LogP contribution in [-0.2, 0) is 6.18 Å². The molecular formula is C15H12F3N3O4S. The molecule has 0 amide bonds. The molecule has 0 spiro atoms. The summed E-state index contributed by atoms with van der Waals surface area (Å²) >= 11 is 1.39. The highest BCUT2D eigenvalue weighted by Gasteiger charge is 2.41. The topological polar surface area (TPSA) is 89.5 Å². The van der Waals surface area contributed by atoms with E-state index in [1.807, 2.05) is 0 Å². The maximum absolute atomic E-state index is 13.0. The van der Waals surface area contributed by atoms with E-state index in [0.717, 1.165) is 4.88 Å². The van der Waals surface area contributed by atoms with E-state index in [4.69, 9.17) is 0 Å². The van der Waals surface area contributed by atoms with E-state index in [-0.39, 0.29) is 18.3 Å². The van der Waals surface area contributed by atoms with Crippen LogP contribution in [0.2, 0.25) is 0 Å². The number of nitro groups is 2. The van der Waals surface area contributed by atoms with E-state index in [1.54, 1.807) is 17.5 Å². The average Bonchev–Trinajstić information content (AvgIpc) is 3.23. The van der Waals surface area contributed by atoms with Crippen molar-refractivity contribution >= 4 is 28.4 Å². The fourth-order valence-electron chi connectivity index (χ4n) is 3.15. The molecule has 0 bridgehead atoms. The standard InChI is InChI=1S/C15H12F3N3O4S/c16-15(17,18)9-7-11(20(22)23)14(12(8-9)21(24)25)19-5-1-3-10(19)13-4-2-6-26-13/h2,4,6-8,10H,1,3,5H2/t10-/m0/s1. The number of rotatable bonds is 4. The van der Waals surface area contributed by atoms with Gasteiger partial charge in [-0.15, -0.1) is 11.3 Å². The van der Waals surface area contributed by atoms with Crippen LogP contribution in [-0.4, -0.2) is 16.4 Å². The van der Waals surface area contributed by atoms with Crippen LogP contribution < -0.4 is 4.90 Å². The SMILES string of the molecule is O=[N+]([O-])c1cc(C(F)(F)F)cc([N+](=O)[O-])c1N1CCC[C@H]1c1cccs1. The zero-order chi connectivity index (χ0) is 19.1. The van der Waals surface area contributed by atoms with Gasteiger partial charge in [-0.25, -0.2) is 0 Å². The van der Waals surface area contributed by atoms with E-state index in [9.17, 15) is 33.4 Å². The Balaban J connectivity index is 2.22. The van der Waals surface area contributed by atoms with E-state index >= 15 is 0 Å². The van der Waals surface area contributed by atoms with Gasteiger partial charge in [-0.1, -0.05) is 6.07 Å². The molecule has 2 heterocycles. The zero-order valence-corrected chi connectivity index (χ0v) is 13.9. The second-order valence-corrected chi connectivity index (χ2v) is 6.72. The lowest BCUT2D eigenvalue weighted by atomic mass is 10.1. The molecule has 3 rings (SSSR count). The molecule has 1 saturated heterocycles. The van der Waals surface area contributed by atoms with E-state index < -0.39 is 33.0 Å². The summed E-state index contributed by atoms with van der Waals surface area (Å²) in [7, 11) is 0. The Morgan fingerprint density at radius 1 is 1.15 bits per heavy atom. The van der Waals surface area contributed by atoms with Crippen LogP contribution in [0.3, 0.4) is 0 Å². The molecule has 1 aromatic carbocycles. The number of benzene rings is 1. The highest BCUT2D eigenvalue weighted by Crippen LogP contribution is 2.48. The number of nitrogens with zero attached hydrogens (tertiary/aromatic N) is 3. The van der Waals surface area contributed by atoms with Gasteiger partial charge in [-0.3, -0.25) is 20.2 Å². The first-order chi connectivity index (χ1) is 12.2. The molecule has 1 atom stereocenters. The Kier molecular flexibility index (Phi) is 4.57. The molecule has 0 N–H and O–H groups in total. The normalized spacial score (nSPS) is 17.5. The molecule has 0 radical (unpaired) electrons. The summed E-state index contributed by atoms with van der Waals surface area (Å²) in [4.78, 5) is 23.2. The van der Waals surface area contributed by atoms with Gasteiger partial charge in [0.25, 0.3) is 11.4 Å². The number of hydrogen-bond donors (Lipinski definition) is 0. The molecule has 1 aromatic heterocycles. The Morgan fingerprint density at radius 3 is 2.23 bits per heavy atom. The summed E-state index contributed by atoms with van der Waals surface area (Å²) in [5, 5.41) is 24.6. The summed E-state index contributed by atoms with van der Waals surface area (Å²) in [6.45, 7) is 0.287. The van der Waals surface area contributed by atoms with Gasteiger partial charge in [-0.05, 0) is 24.3 Å². The summed E-state index contributed by atoms with van der Waals surface area (Å²) in [5.41, 5.74) is -3.60. The van der Waals surface area contributed by atoms with Crippen molar-refractivity contribution in [3.8, 4) is 0 Å². The molecule has 0 saturated carbocycles. The molecule has 1 aliphatic rings. The predicted molar refractivity (Wildman–Crippen MR) is 88.4 cm³/mol. The predicted octanol–water partition coefficient (Wildman–Crippen LogP) is 4.92. The summed E-state index contributed by atoms with van der Waals surface area (Å²) in [6, 6.07) is 3.98. The smallest absolute Gasteiger partial charge is 0.352 e. The minimum Gasteiger partial charge on any atom is -0.352 e. The van der Waals surface area contributed by atoms with Gasteiger partial charge in [0.05, 0.1) is 21.5 Å². The molecule has 0 aliphatic carbocycles. The number of nitro benzene ring substituents is 2. The van der Waals surface area contributed by atoms with Crippen molar-refractivity contribution in [3.05, 3.63) is 60.3 Å². The van der Waals surface area contributed by atoms with Crippen LogP contribution in [0.5, 0.6) is 0 Å². The number of halogens is 3. The maximum Gasteiger partial charge on any atom is 0.416 e. The van der Waals surface area contributed by atoms with Crippen molar-refractivity contribution in [2.24, 2.45) is 0 Å². The Hall–Kier alpha value is -2.69. The third kappa shape index (κ3) is 3.21. The molecule has 11 heteroatoms. The van der Waals surface area contributed by atoms with Crippen LogP contribution in [0.1, 0.15) is 29.3 Å². The lowest BCUT2D eigenvalue weighted by Gasteiger charge is -2.25. The highest BCUT2D eigenvalue weighted by molar-refractivity contribution is 7.10. The third-order valence-electron chi connectivity index (χ3n) is 4.20. The van der Waals surface area contributed by atoms with Crippen LogP contribution in [0.25, 0.3) is 0 Å². The van der Waals surface area contributed by atoms with Gasteiger partial charge >= 0.3 is 6.18 Å². The maximum atomic E-state index is 13.0. The van der Waals surface area contributed by atoms with Crippen LogP contribution in [0, 0.1) is 20.2 Å². The van der Waals surface area contributed by atoms with Gasteiger partial charge in [0.15, 0.2) is 5.69 Å². The van der Waals surface area contributed by atoms with Crippen LogP contribution in [0.4, 0.5) is 30.2 Å². The number of anilines is 1. The molecule has 7 nitrogen and oxygen atoms in total. The van der Waals surface area contributed by atoms with Gasteiger partial charge < -0.3 is 4.90 Å². The summed E-state index contributed by atoms with van der Waals surface area (Å²) in [5.74, 6) is 0. The van der Waals surface area contributed by atoms with E-state index in [1.165, 1.54) is 16.2 Å². The van der Waals surface area contributed by atoms with Crippen molar-refractivity contribution in [1.29, 1.82) is 0 Å².